The lowest BCUT2D eigenvalue weighted by atomic mass is 10.0. The number of carbonyl (C=O) groups excluding carboxylic acids is 1. The third-order valence-corrected chi connectivity index (χ3v) is 7.60. The Morgan fingerprint density at radius 1 is 1.05 bits per heavy atom. The number of H-pyrrole nitrogens is 1. The van der Waals surface area contributed by atoms with Crippen LogP contribution in [0.3, 0.4) is 0 Å². The maximum absolute atomic E-state index is 12.6. The first kappa shape index (κ1) is 25.8. The van der Waals surface area contributed by atoms with Crippen LogP contribution in [0, 0.1) is 0 Å². The predicted octanol–water partition coefficient (Wildman–Crippen LogP) is 4.07. The molecule has 4 heterocycles. The number of fused-ring (bicyclic) bond motifs is 1. The van der Waals surface area contributed by atoms with Gasteiger partial charge in [-0.25, -0.2) is 4.98 Å². The van der Waals surface area contributed by atoms with Crippen LogP contribution in [0.1, 0.15) is 29.6 Å². The van der Waals surface area contributed by atoms with E-state index in [4.69, 9.17) is 21.1 Å². The monoisotopic (exact) mass is 548 g/mol. The minimum Gasteiger partial charge on any atom is -0.459 e. The third kappa shape index (κ3) is 5.35. The summed E-state index contributed by atoms with van der Waals surface area (Å²) in [4.78, 5) is 26.7. The molecule has 9 nitrogen and oxygen atoms in total. The lowest BCUT2D eigenvalue weighted by Gasteiger charge is -2.31. The van der Waals surface area contributed by atoms with Crippen LogP contribution in [0.4, 0.5) is 0 Å². The Kier molecular flexibility index (Phi) is 7.22. The molecule has 0 radical (unpaired) electrons. The molecule has 2 aromatic carbocycles. The molecule has 0 unspecified atom stereocenters. The maximum atomic E-state index is 12.6. The van der Waals surface area contributed by atoms with E-state index in [1.807, 2.05) is 53.4 Å². The molecule has 0 saturated carbocycles. The van der Waals surface area contributed by atoms with E-state index in [1.54, 1.807) is 6.07 Å². The van der Waals surface area contributed by atoms with E-state index in [2.05, 4.69) is 15.0 Å². The van der Waals surface area contributed by atoms with Gasteiger partial charge in [0, 0.05) is 30.6 Å². The molecule has 1 amide bonds. The molecule has 0 bridgehead atoms. The summed E-state index contributed by atoms with van der Waals surface area (Å²) in [5.74, 6) is 0.0948. The highest BCUT2D eigenvalue weighted by atomic mass is 35.5. The zero-order valence-corrected chi connectivity index (χ0v) is 22.0. The van der Waals surface area contributed by atoms with Crippen molar-refractivity contribution in [1.29, 1.82) is 0 Å². The standard InChI is InChI=1S/C29H29ClN4O5/c30-22-14-23-27(33-29(31-23)39-21-13-24(36)25(15-35)38-16-21)32-26(22)19-7-3-17(4-8-19)18-5-9-20(10-6-18)28(37)34-11-1-2-12-34/h3-10,14,21,24-25,35-36H,1-2,11-13,15-16H2,(H,31,32,33)/t21-,24+,25-/m1/s1. The fourth-order valence-electron chi connectivity index (χ4n) is 5.13. The largest absolute Gasteiger partial charge is 0.459 e. The molecule has 0 aliphatic carbocycles. The normalized spacial score (nSPS) is 21.4. The molecule has 39 heavy (non-hydrogen) atoms. The molecule has 202 valence electrons. The number of benzene rings is 2. The zero-order chi connectivity index (χ0) is 26.9. The first-order chi connectivity index (χ1) is 19.0. The van der Waals surface area contributed by atoms with Gasteiger partial charge in [0.15, 0.2) is 5.65 Å². The molecule has 2 aliphatic rings. The number of carbonyl (C=O) groups is 1. The van der Waals surface area contributed by atoms with Crippen LogP contribution in [0.25, 0.3) is 33.5 Å². The van der Waals surface area contributed by atoms with Crippen molar-refractivity contribution < 1.29 is 24.5 Å². The molecule has 6 rings (SSSR count). The highest BCUT2D eigenvalue weighted by molar-refractivity contribution is 6.33. The molecule has 2 aliphatic heterocycles. The van der Waals surface area contributed by atoms with Crippen LogP contribution in [-0.4, -0.2) is 80.6 Å². The van der Waals surface area contributed by atoms with Crippen LogP contribution in [0.5, 0.6) is 6.01 Å². The van der Waals surface area contributed by atoms with Gasteiger partial charge in [0.2, 0.25) is 0 Å². The molecule has 10 heteroatoms. The van der Waals surface area contributed by atoms with Crippen molar-refractivity contribution in [2.45, 2.75) is 37.6 Å². The van der Waals surface area contributed by atoms with Crippen molar-refractivity contribution in [2.75, 3.05) is 26.3 Å². The Bertz CT molecular complexity index is 1470. The fourth-order valence-corrected chi connectivity index (χ4v) is 5.39. The van der Waals surface area contributed by atoms with Gasteiger partial charge in [-0.05, 0) is 42.2 Å². The number of pyridine rings is 1. The zero-order valence-electron chi connectivity index (χ0n) is 21.2. The number of likely N-dealkylation sites (tertiary alicyclic amines) is 1. The van der Waals surface area contributed by atoms with Gasteiger partial charge in [0.1, 0.15) is 12.2 Å². The number of aromatic amines is 1. The number of rotatable bonds is 6. The van der Waals surface area contributed by atoms with E-state index < -0.39 is 18.3 Å². The summed E-state index contributed by atoms with van der Waals surface area (Å²) in [5.41, 5.74) is 5.28. The molecule has 4 aromatic rings. The molecule has 2 aromatic heterocycles. The lowest BCUT2D eigenvalue weighted by Crippen LogP contribution is -2.45. The summed E-state index contributed by atoms with van der Waals surface area (Å²) in [6.45, 7) is 1.67. The van der Waals surface area contributed by atoms with E-state index in [1.165, 1.54) is 0 Å². The van der Waals surface area contributed by atoms with Gasteiger partial charge in [-0.1, -0.05) is 48.0 Å². The molecular formula is C29H29ClN4O5. The van der Waals surface area contributed by atoms with Crippen molar-refractivity contribution in [2.24, 2.45) is 0 Å². The second-order valence-corrected chi connectivity index (χ2v) is 10.4. The molecule has 2 fully saturated rings. The van der Waals surface area contributed by atoms with Crippen LogP contribution in [0.15, 0.2) is 54.6 Å². The number of aromatic nitrogens is 3. The highest BCUT2D eigenvalue weighted by Crippen LogP contribution is 2.32. The Labute approximate surface area is 230 Å². The Morgan fingerprint density at radius 2 is 1.72 bits per heavy atom. The summed E-state index contributed by atoms with van der Waals surface area (Å²) in [6, 6.07) is 17.7. The summed E-state index contributed by atoms with van der Waals surface area (Å²) >= 11 is 6.58. The van der Waals surface area contributed by atoms with Crippen LogP contribution in [0.2, 0.25) is 5.02 Å². The summed E-state index contributed by atoms with van der Waals surface area (Å²) in [6.07, 6.45) is 0.660. The van der Waals surface area contributed by atoms with Crippen LogP contribution < -0.4 is 4.74 Å². The number of hydrogen-bond acceptors (Lipinski definition) is 7. The second-order valence-electron chi connectivity index (χ2n) is 9.98. The minimum atomic E-state index is -0.810. The summed E-state index contributed by atoms with van der Waals surface area (Å²) in [5, 5.41) is 19.8. The second kappa shape index (κ2) is 10.9. The molecular weight excluding hydrogens is 520 g/mol. The van der Waals surface area contributed by atoms with E-state index in [0.29, 0.717) is 33.9 Å². The van der Waals surface area contributed by atoms with Gasteiger partial charge in [-0.3, -0.25) is 4.79 Å². The van der Waals surface area contributed by atoms with Crippen molar-refractivity contribution >= 4 is 28.7 Å². The van der Waals surface area contributed by atoms with E-state index in [9.17, 15) is 15.0 Å². The number of imidazole rings is 1. The average molecular weight is 549 g/mol. The maximum Gasteiger partial charge on any atom is 0.296 e. The first-order valence-corrected chi connectivity index (χ1v) is 13.5. The van der Waals surface area contributed by atoms with Crippen molar-refractivity contribution in [3.05, 3.63) is 65.2 Å². The summed E-state index contributed by atoms with van der Waals surface area (Å²) < 4.78 is 11.3. The number of hydrogen-bond donors (Lipinski definition) is 3. The third-order valence-electron chi connectivity index (χ3n) is 7.31. The Hall–Kier alpha value is -3.50. The SMILES string of the molecule is O=C(c1ccc(-c2ccc(-c3nc4nc(O[C@H]5CO[C@H](CO)[C@@H](O)C5)[nH]c4cc3Cl)cc2)cc1)N1CCCC1. The van der Waals surface area contributed by atoms with Crippen molar-refractivity contribution in [1.82, 2.24) is 19.9 Å². The van der Waals surface area contributed by atoms with E-state index in [-0.39, 0.29) is 25.1 Å². The first-order valence-electron chi connectivity index (χ1n) is 13.1. The Morgan fingerprint density at radius 3 is 2.38 bits per heavy atom. The number of aliphatic hydroxyl groups is 2. The van der Waals surface area contributed by atoms with Crippen LogP contribution >= 0.6 is 11.6 Å². The smallest absolute Gasteiger partial charge is 0.296 e. The van der Waals surface area contributed by atoms with E-state index >= 15 is 0 Å². The van der Waals surface area contributed by atoms with Gasteiger partial charge in [-0.15, -0.1) is 0 Å². The van der Waals surface area contributed by atoms with Crippen LogP contribution in [-0.2, 0) is 4.74 Å². The van der Waals surface area contributed by atoms with Gasteiger partial charge >= 0.3 is 0 Å². The number of amides is 1. The number of aliphatic hydroxyl groups excluding tert-OH is 2. The van der Waals surface area contributed by atoms with E-state index in [0.717, 1.165) is 42.6 Å². The molecule has 3 atom stereocenters. The number of halogens is 1. The Balaban J connectivity index is 1.17. The highest BCUT2D eigenvalue weighted by Gasteiger charge is 2.31. The molecule has 2 saturated heterocycles. The van der Waals surface area contributed by atoms with Crippen molar-refractivity contribution in [3.8, 4) is 28.4 Å². The molecule has 3 N–H and O–H groups in total. The number of ether oxygens (including phenoxy) is 2. The molecule has 0 spiro atoms. The fraction of sp³-hybridized carbons (Fsp3) is 0.345. The number of nitrogens with zero attached hydrogens (tertiary/aromatic N) is 3. The summed E-state index contributed by atoms with van der Waals surface area (Å²) in [7, 11) is 0. The van der Waals surface area contributed by atoms with Gasteiger partial charge in [-0.2, -0.15) is 4.98 Å². The minimum absolute atomic E-state index is 0.0948. The number of nitrogens with one attached hydrogen (secondary N) is 1. The van der Waals surface area contributed by atoms with Gasteiger partial charge in [0.05, 0.1) is 35.6 Å². The predicted molar refractivity (Wildman–Crippen MR) is 147 cm³/mol. The average Bonchev–Trinajstić information content (AvgIpc) is 3.62. The van der Waals surface area contributed by atoms with Crippen molar-refractivity contribution in [3.63, 3.8) is 0 Å². The van der Waals surface area contributed by atoms with Gasteiger partial charge in [0.25, 0.3) is 11.9 Å². The van der Waals surface area contributed by atoms with Gasteiger partial charge < -0.3 is 29.6 Å². The lowest BCUT2D eigenvalue weighted by molar-refractivity contribution is -0.131. The quantitative estimate of drug-likeness (QED) is 0.332. The topological polar surface area (TPSA) is 121 Å².